The summed E-state index contributed by atoms with van der Waals surface area (Å²) in [5, 5.41) is 6.10. The first-order valence-electron chi connectivity index (χ1n) is 6.30. The average molecular weight is 370 g/mol. The molecule has 0 atom stereocenters. The summed E-state index contributed by atoms with van der Waals surface area (Å²) in [6.45, 7) is 1.45. The lowest BCUT2D eigenvalue weighted by Crippen LogP contribution is -2.35. The van der Waals surface area contributed by atoms with E-state index in [2.05, 4.69) is 26.4 Å². The highest BCUT2D eigenvalue weighted by molar-refractivity contribution is 9.10. The van der Waals surface area contributed by atoms with Gasteiger partial charge in [0, 0.05) is 17.6 Å². The lowest BCUT2D eigenvalue weighted by Gasteiger charge is -2.16. The minimum absolute atomic E-state index is 0.109. The lowest BCUT2D eigenvalue weighted by molar-refractivity contribution is -0.116. The smallest absolute Gasteiger partial charge is 0.257 e. The maximum absolute atomic E-state index is 13.7. The molecule has 0 fully saturated rings. The first-order valence-corrected chi connectivity index (χ1v) is 7.10. The van der Waals surface area contributed by atoms with E-state index in [1.165, 1.54) is 25.2 Å². The monoisotopic (exact) mass is 369 g/mol. The molecule has 8 heteroatoms. The molecule has 1 aromatic carbocycles. The quantitative estimate of drug-likeness (QED) is 0.898. The number of carbonyl (C=O) groups excluding carboxylic acids is 2. The zero-order valence-corrected chi connectivity index (χ0v) is 13.5. The van der Waals surface area contributed by atoms with Gasteiger partial charge in [0.2, 0.25) is 5.91 Å². The van der Waals surface area contributed by atoms with Gasteiger partial charge in [-0.3, -0.25) is 9.59 Å². The van der Waals surface area contributed by atoms with Gasteiger partial charge in [-0.05, 0) is 25.1 Å². The molecule has 22 heavy (non-hydrogen) atoms. The Bertz CT molecular complexity index is 717. The zero-order chi connectivity index (χ0) is 16.3. The molecular weight excluding hydrogens is 357 g/mol. The number of nitrogens with one attached hydrogen (secondary N) is 1. The number of likely N-dealkylation sites (N-methyl/N-ethyl adjacent to an activating group) is 1. The number of halogens is 2. The summed E-state index contributed by atoms with van der Waals surface area (Å²) in [6, 6.07) is 5.59. The molecule has 0 aliphatic heterocycles. The maximum atomic E-state index is 13.7. The predicted octanol–water partition coefficient (Wildman–Crippen LogP) is 2.60. The Kier molecular flexibility index (Phi) is 4.92. The molecule has 0 bridgehead atoms. The van der Waals surface area contributed by atoms with Gasteiger partial charge in [-0.15, -0.1) is 0 Å². The van der Waals surface area contributed by atoms with E-state index < -0.39 is 17.6 Å². The van der Waals surface area contributed by atoms with Crippen molar-refractivity contribution < 1.29 is 18.5 Å². The number of aromatic nitrogens is 1. The van der Waals surface area contributed by atoms with Crippen LogP contribution >= 0.6 is 15.9 Å². The van der Waals surface area contributed by atoms with Crippen LogP contribution in [0.2, 0.25) is 0 Å². The van der Waals surface area contributed by atoms with Crippen LogP contribution in [0.1, 0.15) is 16.1 Å². The van der Waals surface area contributed by atoms with E-state index in [0.717, 1.165) is 4.90 Å². The second-order valence-electron chi connectivity index (χ2n) is 4.66. The van der Waals surface area contributed by atoms with Gasteiger partial charge in [0.15, 0.2) is 5.82 Å². The Labute approximate surface area is 134 Å². The Morgan fingerprint density at radius 2 is 2.14 bits per heavy atom. The molecule has 0 aliphatic carbocycles. The van der Waals surface area contributed by atoms with Gasteiger partial charge >= 0.3 is 0 Å². The van der Waals surface area contributed by atoms with Crippen LogP contribution in [-0.2, 0) is 4.79 Å². The largest absolute Gasteiger partial charge is 0.360 e. The molecule has 0 aliphatic rings. The summed E-state index contributed by atoms with van der Waals surface area (Å²) in [5.41, 5.74) is -0.109. The summed E-state index contributed by atoms with van der Waals surface area (Å²) >= 11 is 3.18. The topological polar surface area (TPSA) is 75.4 Å². The predicted molar refractivity (Wildman–Crippen MR) is 80.9 cm³/mol. The zero-order valence-electron chi connectivity index (χ0n) is 11.9. The third-order valence-electron chi connectivity index (χ3n) is 2.78. The van der Waals surface area contributed by atoms with E-state index in [0.29, 0.717) is 10.2 Å². The number of hydrogen-bond acceptors (Lipinski definition) is 4. The summed E-state index contributed by atoms with van der Waals surface area (Å²) < 4.78 is 19.1. The van der Waals surface area contributed by atoms with Crippen molar-refractivity contribution in [1.82, 2.24) is 10.1 Å². The van der Waals surface area contributed by atoms with Gasteiger partial charge in [-0.25, -0.2) is 4.39 Å². The normalized spacial score (nSPS) is 10.4. The highest BCUT2D eigenvalue weighted by Gasteiger charge is 2.19. The van der Waals surface area contributed by atoms with Gasteiger partial charge in [-0.1, -0.05) is 21.1 Å². The first-order chi connectivity index (χ1) is 10.4. The van der Waals surface area contributed by atoms with Crippen LogP contribution in [0.3, 0.4) is 0 Å². The van der Waals surface area contributed by atoms with Crippen LogP contribution < -0.4 is 5.32 Å². The summed E-state index contributed by atoms with van der Waals surface area (Å²) in [7, 11) is 1.41. The molecule has 1 heterocycles. The van der Waals surface area contributed by atoms with Crippen LogP contribution in [0, 0.1) is 12.7 Å². The van der Waals surface area contributed by atoms with E-state index in [9.17, 15) is 14.0 Å². The van der Waals surface area contributed by atoms with Crippen LogP contribution in [0.25, 0.3) is 0 Å². The number of carbonyl (C=O) groups is 2. The van der Waals surface area contributed by atoms with E-state index in [1.807, 2.05) is 0 Å². The molecule has 2 aromatic rings. The molecule has 0 spiro atoms. The van der Waals surface area contributed by atoms with Crippen LogP contribution in [-0.4, -0.2) is 35.5 Å². The van der Waals surface area contributed by atoms with Crippen molar-refractivity contribution >= 4 is 33.6 Å². The molecule has 1 N–H and O–H groups in total. The van der Waals surface area contributed by atoms with E-state index >= 15 is 0 Å². The fourth-order valence-corrected chi connectivity index (χ4v) is 2.12. The Morgan fingerprint density at radius 1 is 1.41 bits per heavy atom. The fourth-order valence-electron chi connectivity index (χ4n) is 1.76. The number of nitrogens with zero attached hydrogens (tertiary/aromatic N) is 2. The molecule has 0 saturated heterocycles. The Morgan fingerprint density at radius 3 is 2.77 bits per heavy atom. The minimum Gasteiger partial charge on any atom is -0.360 e. The molecule has 0 unspecified atom stereocenters. The number of anilines is 1. The number of rotatable bonds is 4. The van der Waals surface area contributed by atoms with Gasteiger partial charge in [0.05, 0.1) is 12.1 Å². The van der Waals surface area contributed by atoms with Crippen LogP contribution in [0.4, 0.5) is 10.2 Å². The highest BCUT2D eigenvalue weighted by atomic mass is 79.9. The van der Waals surface area contributed by atoms with Crippen molar-refractivity contribution in [2.45, 2.75) is 6.92 Å². The van der Waals surface area contributed by atoms with Crippen molar-refractivity contribution in [2.75, 3.05) is 18.9 Å². The molecule has 0 saturated carbocycles. The molecule has 6 nitrogen and oxygen atoms in total. The first kappa shape index (κ1) is 16.2. The van der Waals surface area contributed by atoms with Gasteiger partial charge in [-0.2, -0.15) is 0 Å². The van der Waals surface area contributed by atoms with Crippen molar-refractivity contribution in [3.05, 3.63) is 45.9 Å². The summed E-state index contributed by atoms with van der Waals surface area (Å²) in [6.07, 6.45) is 0. The van der Waals surface area contributed by atoms with E-state index in [1.54, 1.807) is 13.0 Å². The van der Waals surface area contributed by atoms with Gasteiger partial charge < -0.3 is 14.7 Å². The molecule has 0 radical (unpaired) electrons. The molecule has 2 rings (SSSR count). The van der Waals surface area contributed by atoms with Crippen molar-refractivity contribution in [3.63, 3.8) is 0 Å². The molecular formula is C14H13BrFN3O3. The van der Waals surface area contributed by atoms with Crippen molar-refractivity contribution in [1.29, 1.82) is 0 Å². The van der Waals surface area contributed by atoms with Crippen molar-refractivity contribution in [3.8, 4) is 0 Å². The number of amides is 2. The molecule has 116 valence electrons. The number of aryl methyl sites for hydroxylation is 1. The van der Waals surface area contributed by atoms with Gasteiger partial charge in [0.1, 0.15) is 11.6 Å². The standard InChI is InChI=1S/C14H13BrFN3O3/c1-8-5-12(18-22-8)17-13(20)7-19(2)14(21)10-6-9(15)3-4-11(10)16/h3-6H,7H2,1-2H3,(H,17,18,20). The Hall–Kier alpha value is -2.22. The SMILES string of the molecule is Cc1cc(NC(=O)CN(C)C(=O)c2cc(Br)ccc2F)no1. The van der Waals surface area contributed by atoms with E-state index in [4.69, 9.17) is 4.52 Å². The van der Waals surface area contributed by atoms with Gasteiger partial charge in [0.25, 0.3) is 5.91 Å². The average Bonchev–Trinajstić information content (AvgIpc) is 2.85. The van der Waals surface area contributed by atoms with Crippen LogP contribution in [0.5, 0.6) is 0 Å². The third kappa shape index (κ3) is 3.91. The Balaban J connectivity index is 2.01. The molecule has 1 aromatic heterocycles. The number of hydrogen-bond donors (Lipinski definition) is 1. The fraction of sp³-hybridized carbons (Fsp3) is 0.214. The summed E-state index contributed by atoms with van der Waals surface area (Å²) in [4.78, 5) is 25.1. The third-order valence-corrected chi connectivity index (χ3v) is 3.27. The van der Waals surface area contributed by atoms with Crippen LogP contribution in [0.15, 0.2) is 33.3 Å². The minimum atomic E-state index is -0.646. The maximum Gasteiger partial charge on any atom is 0.257 e. The number of benzene rings is 1. The second-order valence-corrected chi connectivity index (χ2v) is 5.57. The lowest BCUT2D eigenvalue weighted by atomic mass is 10.2. The second kappa shape index (κ2) is 6.69. The molecule has 2 amide bonds. The highest BCUT2D eigenvalue weighted by Crippen LogP contribution is 2.17. The summed E-state index contributed by atoms with van der Waals surface area (Å²) in [5.74, 6) is -0.884. The van der Waals surface area contributed by atoms with E-state index in [-0.39, 0.29) is 17.9 Å². The van der Waals surface area contributed by atoms with Crippen molar-refractivity contribution in [2.24, 2.45) is 0 Å².